The van der Waals surface area contributed by atoms with Crippen molar-refractivity contribution in [3.8, 4) is 5.75 Å². The quantitative estimate of drug-likeness (QED) is 0.294. The molecule has 182 valence electrons. The average Bonchev–Trinajstić information content (AvgIpc) is 2.94. The van der Waals surface area contributed by atoms with Crippen LogP contribution in [0.4, 0.5) is 0 Å². The second-order valence-corrected chi connectivity index (χ2v) is 9.37. The van der Waals surface area contributed by atoms with Gasteiger partial charge in [-0.05, 0) is 35.4 Å². The van der Waals surface area contributed by atoms with Gasteiger partial charge in [-0.1, -0.05) is 96.5 Å². The largest absolute Gasteiger partial charge is 0.489 e. The molecule has 5 rings (SSSR count). The highest BCUT2D eigenvalue weighted by molar-refractivity contribution is 6.31. The van der Waals surface area contributed by atoms with Crippen LogP contribution in [0.1, 0.15) is 33.1 Å². The first-order chi connectivity index (χ1) is 17.7. The number of nitrogens with zero attached hydrogens (tertiary/aromatic N) is 2. The molecule has 36 heavy (non-hydrogen) atoms. The van der Waals surface area contributed by atoms with Gasteiger partial charge in [-0.25, -0.2) is 0 Å². The van der Waals surface area contributed by atoms with Crippen molar-refractivity contribution in [1.82, 2.24) is 9.80 Å². The summed E-state index contributed by atoms with van der Waals surface area (Å²) in [6.07, 6.45) is 0. The molecule has 0 bridgehead atoms. The van der Waals surface area contributed by atoms with Crippen LogP contribution in [0.3, 0.4) is 0 Å². The van der Waals surface area contributed by atoms with Gasteiger partial charge in [-0.2, -0.15) is 0 Å². The summed E-state index contributed by atoms with van der Waals surface area (Å²) in [4.78, 5) is 17.7. The lowest BCUT2D eigenvalue weighted by molar-refractivity contribution is 0.0597. The van der Waals surface area contributed by atoms with E-state index in [1.165, 1.54) is 11.1 Å². The summed E-state index contributed by atoms with van der Waals surface area (Å²) in [5, 5.41) is 0.673. The van der Waals surface area contributed by atoms with E-state index in [2.05, 4.69) is 65.6 Å². The molecule has 1 heterocycles. The Bertz CT molecular complexity index is 1250. The number of benzene rings is 4. The number of carbonyl (C=O) groups excluding carboxylic acids is 1. The van der Waals surface area contributed by atoms with Crippen LogP contribution in [-0.4, -0.2) is 41.9 Å². The molecule has 4 nitrogen and oxygen atoms in total. The standard InChI is InChI=1S/C31H29ClN2O2/c32-29-17-8-7-14-27(29)23-36-28-16-9-15-26(22-28)31(35)34-20-18-33(19-21-34)30(24-10-3-1-4-11-24)25-12-5-2-6-13-25/h1-17,22,30H,18-21,23H2. The van der Waals surface area contributed by atoms with E-state index >= 15 is 0 Å². The zero-order valence-electron chi connectivity index (χ0n) is 20.1. The van der Waals surface area contributed by atoms with Crippen LogP contribution in [0, 0.1) is 0 Å². The summed E-state index contributed by atoms with van der Waals surface area (Å²) in [5.74, 6) is 0.696. The zero-order valence-corrected chi connectivity index (χ0v) is 20.9. The first-order valence-corrected chi connectivity index (χ1v) is 12.7. The molecule has 1 saturated heterocycles. The summed E-state index contributed by atoms with van der Waals surface area (Å²) in [6, 6.07) is 36.4. The van der Waals surface area contributed by atoms with E-state index in [0.717, 1.165) is 18.7 Å². The van der Waals surface area contributed by atoms with Gasteiger partial charge in [0.05, 0.1) is 6.04 Å². The Morgan fingerprint density at radius 2 is 1.36 bits per heavy atom. The number of halogens is 1. The van der Waals surface area contributed by atoms with E-state index in [0.29, 0.717) is 36.0 Å². The predicted octanol–water partition coefficient (Wildman–Crippen LogP) is 6.47. The molecule has 0 aliphatic carbocycles. The molecule has 0 radical (unpaired) electrons. The average molecular weight is 497 g/mol. The van der Waals surface area contributed by atoms with Gasteiger partial charge in [0.25, 0.3) is 5.91 Å². The maximum atomic E-state index is 13.3. The molecule has 0 spiro atoms. The van der Waals surface area contributed by atoms with Crippen molar-refractivity contribution in [3.63, 3.8) is 0 Å². The highest BCUT2D eigenvalue weighted by Crippen LogP contribution is 2.30. The van der Waals surface area contributed by atoms with Crippen molar-refractivity contribution >= 4 is 17.5 Å². The minimum atomic E-state index is 0.0359. The minimum Gasteiger partial charge on any atom is -0.489 e. The molecular weight excluding hydrogens is 468 g/mol. The second kappa shape index (κ2) is 11.4. The Balaban J connectivity index is 1.25. The number of hydrogen-bond acceptors (Lipinski definition) is 3. The molecule has 1 amide bonds. The van der Waals surface area contributed by atoms with E-state index in [4.69, 9.17) is 16.3 Å². The fourth-order valence-electron chi connectivity index (χ4n) is 4.75. The minimum absolute atomic E-state index is 0.0359. The van der Waals surface area contributed by atoms with Gasteiger partial charge in [-0.3, -0.25) is 9.69 Å². The molecule has 4 aromatic carbocycles. The summed E-state index contributed by atoms with van der Waals surface area (Å²) in [6.45, 7) is 3.33. The molecule has 1 aliphatic heterocycles. The molecular formula is C31H29ClN2O2. The fraction of sp³-hybridized carbons (Fsp3) is 0.194. The normalized spacial score (nSPS) is 14.1. The van der Waals surface area contributed by atoms with Gasteiger partial charge >= 0.3 is 0 Å². The van der Waals surface area contributed by atoms with Crippen molar-refractivity contribution in [2.24, 2.45) is 0 Å². The molecule has 0 saturated carbocycles. The fourth-order valence-corrected chi connectivity index (χ4v) is 4.94. The number of carbonyl (C=O) groups is 1. The lowest BCUT2D eigenvalue weighted by Gasteiger charge is -2.39. The molecule has 1 fully saturated rings. The van der Waals surface area contributed by atoms with Crippen LogP contribution in [0.15, 0.2) is 109 Å². The highest BCUT2D eigenvalue weighted by Gasteiger charge is 2.28. The molecule has 0 atom stereocenters. The summed E-state index contributed by atoms with van der Waals surface area (Å²) in [5.41, 5.74) is 4.10. The first-order valence-electron chi connectivity index (χ1n) is 12.3. The summed E-state index contributed by atoms with van der Waals surface area (Å²) >= 11 is 6.24. The van der Waals surface area contributed by atoms with Crippen molar-refractivity contribution < 1.29 is 9.53 Å². The van der Waals surface area contributed by atoms with Crippen LogP contribution in [0.5, 0.6) is 5.75 Å². The Hall–Kier alpha value is -3.60. The van der Waals surface area contributed by atoms with Crippen LogP contribution in [-0.2, 0) is 6.61 Å². The van der Waals surface area contributed by atoms with Gasteiger partial charge in [-0.15, -0.1) is 0 Å². The predicted molar refractivity (Wildman–Crippen MR) is 144 cm³/mol. The Labute approximate surface area is 217 Å². The van der Waals surface area contributed by atoms with Crippen LogP contribution in [0.2, 0.25) is 5.02 Å². The molecule has 0 unspecified atom stereocenters. The van der Waals surface area contributed by atoms with Gasteiger partial charge in [0.15, 0.2) is 0 Å². The smallest absolute Gasteiger partial charge is 0.254 e. The van der Waals surface area contributed by atoms with Crippen LogP contribution < -0.4 is 4.74 Å². The SMILES string of the molecule is O=C(c1cccc(OCc2ccccc2Cl)c1)N1CCN(C(c2ccccc2)c2ccccc2)CC1. The van der Waals surface area contributed by atoms with Crippen molar-refractivity contribution in [2.45, 2.75) is 12.6 Å². The topological polar surface area (TPSA) is 32.8 Å². The molecule has 4 aromatic rings. The Morgan fingerprint density at radius 3 is 2.00 bits per heavy atom. The molecule has 0 aromatic heterocycles. The van der Waals surface area contributed by atoms with E-state index in [9.17, 15) is 4.79 Å². The Morgan fingerprint density at radius 1 is 0.750 bits per heavy atom. The van der Waals surface area contributed by atoms with Crippen LogP contribution >= 0.6 is 11.6 Å². The van der Waals surface area contributed by atoms with Gasteiger partial charge in [0, 0.05) is 42.3 Å². The third kappa shape index (κ3) is 5.62. The van der Waals surface area contributed by atoms with Gasteiger partial charge in [0.1, 0.15) is 12.4 Å². The number of ether oxygens (including phenoxy) is 1. The van der Waals surface area contributed by atoms with E-state index < -0.39 is 0 Å². The summed E-state index contributed by atoms with van der Waals surface area (Å²) in [7, 11) is 0. The molecule has 1 aliphatic rings. The lowest BCUT2D eigenvalue weighted by Crippen LogP contribution is -2.49. The van der Waals surface area contributed by atoms with E-state index in [1.54, 1.807) is 0 Å². The third-order valence-corrected chi connectivity index (χ3v) is 7.00. The maximum absolute atomic E-state index is 13.3. The first kappa shape index (κ1) is 24.1. The Kier molecular flexibility index (Phi) is 7.65. The second-order valence-electron chi connectivity index (χ2n) is 8.96. The number of amides is 1. The zero-order chi connectivity index (χ0) is 24.7. The van der Waals surface area contributed by atoms with Gasteiger partial charge in [0.2, 0.25) is 0 Å². The number of piperazine rings is 1. The number of rotatable bonds is 7. The molecule has 0 N–H and O–H groups in total. The summed E-state index contributed by atoms with van der Waals surface area (Å²) < 4.78 is 5.93. The monoisotopic (exact) mass is 496 g/mol. The number of hydrogen-bond donors (Lipinski definition) is 0. The maximum Gasteiger partial charge on any atom is 0.254 e. The van der Waals surface area contributed by atoms with Crippen molar-refractivity contribution in [2.75, 3.05) is 26.2 Å². The lowest BCUT2D eigenvalue weighted by atomic mass is 9.96. The van der Waals surface area contributed by atoms with Gasteiger partial charge < -0.3 is 9.64 Å². The van der Waals surface area contributed by atoms with E-state index in [-0.39, 0.29) is 11.9 Å². The van der Waals surface area contributed by atoms with Crippen molar-refractivity contribution in [1.29, 1.82) is 0 Å². The van der Waals surface area contributed by atoms with Crippen molar-refractivity contribution in [3.05, 3.63) is 136 Å². The van der Waals surface area contributed by atoms with Crippen LogP contribution in [0.25, 0.3) is 0 Å². The highest BCUT2D eigenvalue weighted by atomic mass is 35.5. The third-order valence-electron chi connectivity index (χ3n) is 6.63. The molecule has 5 heteroatoms. The van der Waals surface area contributed by atoms with E-state index in [1.807, 2.05) is 53.4 Å².